The number of carbonyl (C=O) groups is 1. The van der Waals surface area contributed by atoms with Gasteiger partial charge >= 0.3 is 0 Å². The van der Waals surface area contributed by atoms with Crippen LogP contribution in [-0.4, -0.2) is 15.9 Å². The summed E-state index contributed by atoms with van der Waals surface area (Å²) in [6, 6.07) is 11.5. The molecular weight excluding hydrogens is 238 g/mol. The molecule has 4 heteroatoms. The van der Waals surface area contributed by atoms with Crippen LogP contribution >= 0.6 is 0 Å². The Bertz CT molecular complexity index is 731. The van der Waals surface area contributed by atoms with Crippen LogP contribution in [0.15, 0.2) is 48.8 Å². The van der Waals surface area contributed by atoms with E-state index in [9.17, 15) is 4.79 Å². The smallest absolute Gasteiger partial charge is 0.272 e. The van der Waals surface area contributed by atoms with Gasteiger partial charge in [-0.25, -0.2) is 0 Å². The van der Waals surface area contributed by atoms with Crippen LogP contribution < -0.4 is 5.32 Å². The molecule has 0 aliphatic rings. The van der Waals surface area contributed by atoms with E-state index in [4.69, 9.17) is 0 Å². The van der Waals surface area contributed by atoms with Crippen LogP contribution in [0.3, 0.4) is 0 Å². The zero-order valence-corrected chi connectivity index (χ0v) is 10.5. The molecule has 19 heavy (non-hydrogen) atoms. The van der Waals surface area contributed by atoms with Gasteiger partial charge in [-0.3, -0.25) is 9.78 Å². The van der Waals surface area contributed by atoms with Crippen molar-refractivity contribution >= 4 is 22.5 Å². The van der Waals surface area contributed by atoms with E-state index in [0.29, 0.717) is 11.4 Å². The summed E-state index contributed by atoms with van der Waals surface area (Å²) < 4.78 is 0. The average Bonchev–Trinajstić information content (AvgIpc) is 2.83. The molecule has 4 nitrogen and oxygen atoms in total. The maximum absolute atomic E-state index is 12.1. The third-order valence-electron chi connectivity index (χ3n) is 2.94. The summed E-state index contributed by atoms with van der Waals surface area (Å²) in [5.41, 5.74) is 3.36. The Morgan fingerprint density at radius 1 is 1.26 bits per heavy atom. The molecule has 1 aromatic carbocycles. The van der Waals surface area contributed by atoms with E-state index in [0.717, 1.165) is 16.5 Å². The highest BCUT2D eigenvalue weighted by atomic mass is 16.1. The maximum atomic E-state index is 12.1. The lowest BCUT2D eigenvalue weighted by Crippen LogP contribution is -2.12. The van der Waals surface area contributed by atoms with Gasteiger partial charge in [0, 0.05) is 17.1 Å². The van der Waals surface area contributed by atoms with Crippen LogP contribution in [0.25, 0.3) is 10.9 Å². The Labute approximate surface area is 110 Å². The van der Waals surface area contributed by atoms with Gasteiger partial charge in [-0.15, -0.1) is 0 Å². The van der Waals surface area contributed by atoms with Crippen molar-refractivity contribution in [3.8, 4) is 0 Å². The Kier molecular flexibility index (Phi) is 2.76. The van der Waals surface area contributed by atoms with Crippen LogP contribution in [0.2, 0.25) is 0 Å². The van der Waals surface area contributed by atoms with E-state index in [1.807, 2.05) is 31.2 Å². The summed E-state index contributed by atoms with van der Waals surface area (Å²) in [5.74, 6) is -0.165. The van der Waals surface area contributed by atoms with Gasteiger partial charge < -0.3 is 10.3 Å². The second kappa shape index (κ2) is 4.57. The van der Waals surface area contributed by atoms with E-state index in [2.05, 4.69) is 15.3 Å². The number of nitrogens with zero attached hydrogens (tertiary/aromatic N) is 1. The minimum atomic E-state index is -0.165. The van der Waals surface area contributed by atoms with Gasteiger partial charge in [-0.1, -0.05) is 12.1 Å². The summed E-state index contributed by atoms with van der Waals surface area (Å²) in [4.78, 5) is 19.2. The lowest BCUT2D eigenvalue weighted by molar-refractivity contribution is 0.102. The number of nitrogens with one attached hydrogen (secondary N) is 2. The largest absolute Gasteiger partial charge is 0.351 e. The number of benzene rings is 1. The number of carbonyl (C=O) groups excluding carboxylic acids is 1. The van der Waals surface area contributed by atoms with Crippen molar-refractivity contribution in [2.75, 3.05) is 5.32 Å². The molecule has 0 bridgehead atoms. The van der Waals surface area contributed by atoms with Crippen LogP contribution in [0.5, 0.6) is 0 Å². The van der Waals surface area contributed by atoms with Gasteiger partial charge in [0.25, 0.3) is 5.91 Å². The van der Waals surface area contributed by atoms with Crippen molar-refractivity contribution in [2.24, 2.45) is 0 Å². The minimum absolute atomic E-state index is 0.165. The highest BCUT2D eigenvalue weighted by Crippen LogP contribution is 2.17. The molecule has 0 unspecified atom stereocenters. The number of hydrogen-bond acceptors (Lipinski definition) is 2. The molecule has 3 rings (SSSR count). The lowest BCUT2D eigenvalue weighted by Gasteiger charge is -2.01. The van der Waals surface area contributed by atoms with Gasteiger partial charge in [0.2, 0.25) is 0 Å². The minimum Gasteiger partial charge on any atom is -0.351 e. The van der Waals surface area contributed by atoms with Crippen LogP contribution in [0, 0.1) is 6.92 Å². The topological polar surface area (TPSA) is 57.8 Å². The van der Waals surface area contributed by atoms with E-state index >= 15 is 0 Å². The van der Waals surface area contributed by atoms with Crippen molar-refractivity contribution in [1.82, 2.24) is 9.97 Å². The first-order valence-electron chi connectivity index (χ1n) is 6.03. The predicted octanol–water partition coefficient (Wildman–Crippen LogP) is 3.12. The molecule has 0 aliphatic heterocycles. The molecule has 0 fully saturated rings. The molecule has 0 saturated carbocycles. The third-order valence-corrected chi connectivity index (χ3v) is 2.94. The SMILES string of the molecule is Cc1ccc2cc(C(=O)Nc3cccnc3)[nH]c2c1. The molecule has 0 aliphatic carbocycles. The van der Waals surface area contributed by atoms with Gasteiger partial charge in [0.15, 0.2) is 0 Å². The van der Waals surface area contributed by atoms with E-state index in [-0.39, 0.29) is 5.91 Å². The zero-order valence-electron chi connectivity index (χ0n) is 10.5. The molecule has 3 aromatic rings. The van der Waals surface area contributed by atoms with Crippen molar-refractivity contribution in [2.45, 2.75) is 6.92 Å². The number of fused-ring (bicyclic) bond motifs is 1. The predicted molar refractivity (Wildman–Crippen MR) is 75.2 cm³/mol. The monoisotopic (exact) mass is 251 g/mol. The number of rotatable bonds is 2. The van der Waals surface area contributed by atoms with Gasteiger partial charge in [0.1, 0.15) is 5.69 Å². The molecule has 94 valence electrons. The van der Waals surface area contributed by atoms with E-state index in [1.54, 1.807) is 24.5 Å². The number of aryl methyl sites for hydroxylation is 1. The van der Waals surface area contributed by atoms with Crippen molar-refractivity contribution in [3.63, 3.8) is 0 Å². The first-order valence-corrected chi connectivity index (χ1v) is 6.03. The molecule has 0 spiro atoms. The molecule has 2 N–H and O–H groups in total. The molecule has 0 saturated heterocycles. The second-order valence-corrected chi connectivity index (χ2v) is 4.47. The fourth-order valence-electron chi connectivity index (χ4n) is 2.00. The van der Waals surface area contributed by atoms with Crippen molar-refractivity contribution in [1.29, 1.82) is 0 Å². The second-order valence-electron chi connectivity index (χ2n) is 4.47. The van der Waals surface area contributed by atoms with E-state index in [1.165, 1.54) is 0 Å². The Balaban J connectivity index is 1.89. The number of hydrogen-bond donors (Lipinski definition) is 2. The molecule has 2 aromatic heterocycles. The van der Waals surface area contributed by atoms with Gasteiger partial charge in [0.05, 0.1) is 11.9 Å². The van der Waals surface area contributed by atoms with Crippen molar-refractivity contribution < 1.29 is 4.79 Å². The third kappa shape index (κ3) is 2.33. The molecular formula is C15H13N3O. The van der Waals surface area contributed by atoms with Crippen LogP contribution in [0.4, 0.5) is 5.69 Å². The fourth-order valence-corrected chi connectivity index (χ4v) is 2.00. The standard InChI is InChI=1S/C15H13N3O/c1-10-4-5-11-8-14(18-13(11)7-10)15(19)17-12-3-2-6-16-9-12/h2-9,18H,1H3,(H,17,19). The summed E-state index contributed by atoms with van der Waals surface area (Å²) >= 11 is 0. The van der Waals surface area contributed by atoms with Gasteiger partial charge in [-0.2, -0.15) is 0 Å². The van der Waals surface area contributed by atoms with E-state index < -0.39 is 0 Å². The number of pyridine rings is 1. The number of anilines is 1. The normalized spacial score (nSPS) is 10.6. The molecule has 2 heterocycles. The van der Waals surface area contributed by atoms with Gasteiger partial charge in [-0.05, 0) is 36.8 Å². The number of aromatic nitrogens is 2. The number of aromatic amines is 1. The summed E-state index contributed by atoms with van der Waals surface area (Å²) in [6.45, 7) is 2.02. The highest BCUT2D eigenvalue weighted by Gasteiger charge is 2.09. The molecule has 1 amide bonds. The first kappa shape index (κ1) is 11.5. The van der Waals surface area contributed by atoms with Crippen molar-refractivity contribution in [3.05, 3.63) is 60.0 Å². The summed E-state index contributed by atoms with van der Waals surface area (Å²) in [6.07, 6.45) is 3.28. The summed E-state index contributed by atoms with van der Waals surface area (Å²) in [5, 5.41) is 3.83. The Morgan fingerprint density at radius 2 is 2.16 bits per heavy atom. The fraction of sp³-hybridized carbons (Fsp3) is 0.0667. The Morgan fingerprint density at radius 3 is 2.95 bits per heavy atom. The highest BCUT2D eigenvalue weighted by molar-refractivity contribution is 6.05. The Hall–Kier alpha value is -2.62. The summed E-state index contributed by atoms with van der Waals surface area (Å²) in [7, 11) is 0. The average molecular weight is 251 g/mol. The zero-order chi connectivity index (χ0) is 13.2. The molecule has 0 radical (unpaired) electrons. The lowest BCUT2D eigenvalue weighted by atomic mass is 10.2. The van der Waals surface area contributed by atoms with Crippen LogP contribution in [0.1, 0.15) is 16.1 Å². The number of H-pyrrole nitrogens is 1. The first-order chi connectivity index (χ1) is 9.22. The quantitative estimate of drug-likeness (QED) is 0.735. The number of amides is 1. The molecule has 0 atom stereocenters. The van der Waals surface area contributed by atoms with Crippen LogP contribution in [-0.2, 0) is 0 Å². The maximum Gasteiger partial charge on any atom is 0.272 e.